The SMILES string of the molecule is N#CC(=C(O)CSc1nccn1-c1ccccc1)c1nc2ccccc2s1. The Hall–Kier alpha value is -3.08. The molecule has 4 rings (SSSR count). The van der Waals surface area contributed by atoms with E-state index in [1.165, 1.54) is 23.1 Å². The number of hydrogen-bond acceptors (Lipinski definition) is 6. The summed E-state index contributed by atoms with van der Waals surface area (Å²) >= 11 is 2.77. The molecule has 0 aliphatic carbocycles. The quantitative estimate of drug-likeness (QED) is 0.293. The van der Waals surface area contributed by atoms with Crippen molar-refractivity contribution in [1.29, 1.82) is 5.26 Å². The van der Waals surface area contributed by atoms with Crippen LogP contribution >= 0.6 is 23.1 Å². The zero-order valence-corrected chi connectivity index (χ0v) is 15.7. The summed E-state index contributed by atoms with van der Waals surface area (Å²) in [6.45, 7) is 0. The number of rotatable bonds is 5. The first-order chi connectivity index (χ1) is 13.3. The van der Waals surface area contributed by atoms with E-state index in [2.05, 4.69) is 16.0 Å². The summed E-state index contributed by atoms with van der Waals surface area (Å²) in [6, 6.07) is 19.6. The lowest BCUT2D eigenvalue weighted by atomic mass is 10.2. The van der Waals surface area contributed by atoms with Crippen molar-refractivity contribution in [3.05, 3.63) is 77.8 Å². The number of allylic oxidation sites excluding steroid dienone is 1. The minimum absolute atomic E-state index is 0.00386. The van der Waals surface area contributed by atoms with E-state index in [4.69, 9.17) is 0 Å². The van der Waals surface area contributed by atoms with Crippen LogP contribution in [0, 0.1) is 11.3 Å². The second-order valence-corrected chi connectivity index (χ2v) is 7.60. The fourth-order valence-corrected chi connectivity index (χ4v) is 4.44. The summed E-state index contributed by atoms with van der Waals surface area (Å²) in [6.07, 6.45) is 3.59. The van der Waals surface area contributed by atoms with Crippen molar-refractivity contribution in [2.75, 3.05) is 5.75 Å². The monoisotopic (exact) mass is 390 g/mol. The van der Waals surface area contributed by atoms with Gasteiger partial charge < -0.3 is 5.11 Å². The van der Waals surface area contributed by atoms with E-state index < -0.39 is 0 Å². The lowest BCUT2D eigenvalue weighted by Crippen LogP contribution is -1.97. The minimum Gasteiger partial charge on any atom is -0.510 e. The van der Waals surface area contributed by atoms with Crippen molar-refractivity contribution in [3.63, 3.8) is 0 Å². The van der Waals surface area contributed by atoms with Gasteiger partial charge in [0.2, 0.25) is 0 Å². The topological polar surface area (TPSA) is 74.7 Å². The Morgan fingerprint density at radius 2 is 1.93 bits per heavy atom. The number of benzene rings is 2. The molecule has 0 radical (unpaired) electrons. The van der Waals surface area contributed by atoms with Gasteiger partial charge in [0.15, 0.2) is 5.16 Å². The Bertz CT molecular complexity index is 1120. The van der Waals surface area contributed by atoms with E-state index >= 15 is 0 Å². The Morgan fingerprint density at radius 3 is 2.70 bits per heavy atom. The number of fused-ring (bicyclic) bond motifs is 1. The smallest absolute Gasteiger partial charge is 0.173 e. The molecule has 5 nitrogen and oxygen atoms in total. The zero-order chi connectivity index (χ0) is 18.6. The molecule has 0 atom stereocenters. The van der Waals surface area contributed by atoms with Crippen LogP contribution in [-0.4, -0.2) is 25.4 Å². The van der Waals surface area contributed by atoms with Gasteiger partial charge in [-0.1, -0.05) is 42.1 Å². The van der Waals surface area contributed by atoms with Gasteiger partial charge >= 0.3 is 0 Å². The van der Waals surface area contributed by atoms with Crippen molar-refractivity contribution in [1.82, 2.24) is 14.5 Å². The normalized spacial score (nSPS) is 12.0. The number of aromatic nitrogens is 3. The molecule has 2 heterocycles. The van der Waals surface area contributed by atoms with Crippen molar-refractivity contribution in [2.24, 2.45) is 0 Å². The van der Waals surface area contributed by atoms with Crippen molar-refractivity contribution in [3.8, 4) is 11.8 Å². The highest BCUT2D eigenvalue weighted by Gasteiger charge is 2.15. The van der Waals surface area contributed by atoms with Crippen molar-refractivity contribution < 1.29 is 5.11 Å². The highest BCUT2D eigenvalue weighted by atomic mass is 32.2. The largest absolute Gasteiger partial charge is 0.510 e. The van der Waals surface area contributed by atoms with Gasteiger partial charge in [-0.25, -0.2) is 9.97 Å². The van der Waals surface area contributed by atoms with Crippen LogP contribution in [0.25, 0.3) is 21.5 Å². The van der Waals surface area contributed by atoms with E-state index in [0.717, 1.165) is 21.1 Å². The van der Waals surface area contributed by atoms with E-state index in [1.54, 1.807) is 6.20 Å². The molecular weight excluding hydrogens is 376 g/mol. The third kappa shape index (κ3) is 3.58. The third-order valence-corrected chi connectivity index (χ3v) is 5.92. The summed E-state index contributed by atoms with van der Waals surface area (Å²) in [5.41, 5.74) is 2.03. The van der Waals surface area contributed by atoms with Gasteiger partial charge in [0.1, 0.15) is 22.4 Å². The number of para-hydroxylation sites is 2. The Morgan fingerprint density at radius 1 is 1.15 bits per heavy atom. The van der Waals surface area contributed by atoms with E-state index in [0.29, 0.717) is 5.01 Å². The molecule has 4 aromatic rings. The first kappa shape index (κ1) is 17.3. The van der Waals surface area contributed by atoms with Gasteiger partial charge in [-0.2, -0.15) is 5.26 Å². The molecule has 7 heteroatoms. The van der Waals surface area contributed by atoms with E-state index in [-0.39, 0.29) is 17.1 Å². The zero-order valence-electron chi connectivity index (χ0n) is 14.1. The predicted octanol–water partition coefficient (Wildman–Crippen LogP) is 5.07. The van der Waals surface area contributed by atoms with Crippen LogP contribution in [0.5, 0.6) is 0 Å². The van der Waals surface area contributed by atoms with Crippen molar-refractivity contribution >= 4 is 38.9 Å². The first-order valence-electron chi connectivity index (χ1n) is 8.16. The molecule has 0 unspecified atom stereocenters. The Labute approximate surface area is 164 Å². The lowest BCUT2D eigenvalue weighted by Gasteiger charge is -2.07. The maximum absolute atomic E-state index is 10.5. The standard InChI is InChI=1S/C20H14N4OS2/c21-12-15(19-23-16-8-4-5-9-18(16)27-19)17(25)13-26-20-22-10-11-24(20)14-6-2-1-3-7-14/h1-11,25H,13H2. The second kappa shape index (κ2) is 7.66. The molecule has 27 heavy (non-hydrogen) atoms. The van der Waals surface area contributed by atoms with E-state index in [1.807, 2.05) is 65.4 Å². The van der Waals surface area contributed by atoms with Gasteiger partial charge in [0.25, 0.3) is 0 Å². The van der Waals surface area contributed by atoms with E-state index in [9.17, 15) is 10.4 Å². The number of aliphatic hydroxyl groups is 1. The van der Waals surface area contributed by atoms with Gasteiger partial charge in [0, 0.05) is 18.1 Å². The summed E-state index contributed by atoms with van der Waals surface area (Å²) in [5, 5.41) is 21.3. The number of nitrogens with zero attached hydrogens (tertiary/aromatic N) is 4. The number of nitriles is 1. The first-order valence-corrected chi connectivity index (χ1v) is 9.96. The predicted molar refractivity (Wildman–Crippen MR) is 109 cm³/mol. The molecule has 0 fully saturated rings. The number of imidazole rings is 1. The Kier molecular flexibility index (Phi) is 4.92. The average Bonchev–Trinajstić information content (AvgIpc) is 3.34. The molecule has 0 saturated carbocycles. The van der Waals surface area contributed by atoms with Crippen molar-refractivity contribution in [2.45, 2.75) is 5.16 Å². The molecule has 1 N–H and O–H groups in total. The number of thioether (sulfide) groups is 1. The fraction of sp³-hybridized carbons (Fsp3) is 0.0500. The molecule has 0 amide bonds. The summed E-state index contributed by atoms with van der Waals surface area (Å²) in [4.78, 5) is 8.82. The van der Waals surface area contributed by atoms with Crippen LogP contribution in [-0.2, 0) is 0 Å². The Balaban J connectivity index is 1.59. The number of aliphatic hydroxyl groups excluding tert-OH is 1. The molecule has 0 aliphatic rings. The van der Waals surface area contributed by atoms with Crippen LogP contribution in [0.1, 0.15) is 5.01 Å². The van der Waals surface area contributed by atoms with Crippen LogP contribution in [0.15, 0.2) is 77.9 Å². The maximum atomic E-state index is 10.5. The second-order valence-electron chi connectivity index (χ2n) is 5.62. The highest BCUT2D eigenvalue weighted by molar-refractivity contribution is 7.99. The molecule has 0 bridgehead atoms. The summed E-state index contributed by atoms with van der Waals surface area (Å²) in [5.74, 6) is 0.243. The highest BCUT2D eigenvalue weighted by Crippen LogP contribution is 2.30. The number of hydrogen-bond donors (Lipinski definition) is 1. The third-order valence-electron chi connectivity index (χ3n) is 3.89. The van der Waals surface area contributed by atoms with Crippen LogP contribution < -0.4 is 0 Å². The van der Waals surface area contributed by atoms with Gasteiger partial charge in [-0.05, 0) is 24.3 Å². The van der Waals surface area contributed by atoms with Crippen LogP contribution in [0.3, 0.4) is 0 Å². The maximum Gasteiger partial charge on any atom is 0.173 e. The molecule has 0 aliphatic heterocycles. The summed E-state index contributed by atoms with van der Waals surface area (Å²) < 4.78 is 2.93. The molecular formula is C20H14N4OS2. The summed E-state index contributed by atoms with van der Waals surface area (Å²) in [7, 11) is 0. The molecule has 2 aromatic carbocycles. The lowest BCUT2D eigenvalue weighted by molar-refractivity contribution is 0.420. The fourth-order valence-electron chi connectivity index (χ4n) is 2.60. The minimum atomic E-state index is 0.00386. The molecule has 0 saturated heterocycles. The number of thiazole rings is 1. The molecule has 0 spiro atoms. The van der Waals surface area contributed by atoms with Crippen LogP contribution in [0.4, 0.5) is 0 Å². The van der Waals surface area contributed by atoms with Gasteiger partial charge in [-0.3, -0.25) is 4.57 Å². The van der Waals surface area contributed by atoms with Crippen LogP contribution in [0.2, 0.25) is 0 Å². The van der Waals surface area contributed by atoms with Gasteiger partial charge in [-0.15, -0.1) is 11.3 Å². The van der Waals surface area contributed by atoms with Gasteiger partial charge in [0.05, 0.1) is 16.0 Å². The molecule has 132 valence electrons. The average molecular weight is 390 g/mol. The molecule has 2 aromatic heterocycles.